The minimum atomic E-state index is 0.731. The van der Waals surface area contributed by atoms with Crippen LogP contribution in [0.25, 0.3) is 11.3 Å². The van der Waals surface area contributed by atoms with Crippen molar-refractivity contribution in [3.63, 3.8) is 0 Å². The summed E-state index contributed by atoms with van der Waals surface area (Å²) in [7, 11) is 0. The molecule has 0 amide bonds. The number of hydrogen-bond donors (Lipinski definition) is 2. The molecule has 0 aliphatic carbocycles. The number of rotatable bonds is 2. The number of anilines is 1. The lowest BCUT2D eigenvalue weighted by molar-refractivity contribution is 1.27. The summed E-state index contributed by atoms with van der Waals surface area (Å²) in [5.74, 6) is 5.30. The third-order valence-corrected chi connectivity index (χ3v) is 2.78. The summed E-state index contributed by atoms with van der Waals surface area (Å²) in [6.07, 6.45) is 3.51. The fourth-order valence-corrected chi connectivity index (χ4v) is 1.98. The first kappa shape index (κ1) is 9.11. The molecule has 5 heteroatoms. The lowest BCUT2D eigenvalue weighted by Gasteiger charge is -1.95. The van der Waals surface area contributed by atoms with Gasteiger partial charge in [-0.3, -0.25) is 10.4 Å². The van der Waals surface area contributed by atoms with Crippen LogP contribution in [0.3, 0.4) is 0 Å². The molecule has 14 heavy (non-hydrogen) atoms. The molecule has 0 spiro atoms. The van der Waals surface area contributed by atoms with Crippen molar-refractivity contribution in [1.82, 2.24) is 9.97 Å². The topological polar surface area (TPSA) is 63.8 Å². The number of nitrogens with zero attached hydrogens (tertiary/aromatic N) is 2. The SMILES string of the molecule is Cc1sc(NN)nc1-c1ccncc1. The van der Waals surface area contributed by atoms with Gasteiger partial charge in [-0.1, -0.05) is 0 Å². The molecule has 0 aromatic carbocycles. The number of aryl methyl sites for hydroxylation is 1. The summed E-state index contributed by atoms with van der Waals surface area (Å²) >= 11 is 1.54. The number of nitrogens with one attached hydrogen (secondary N) is 1. The summed E-state index contributed by atoms with van der Waals surface area (Å²) < 4.78 is 0. The Bertz CT molecular complexity index is 424. The number of pyridine rings is 1. The van der Waals surface area contributed by atoms with Crippen molar-refractivity contribution in [1.29, 1.82) is 0 Å². The zero-order valence-corrected chi connectivity index (χ0v) is 8.51. The van der Waals surface area contributed by atoms with Crippen molar-refractivity contribution in [3.05, 3.63) is 29.4 Å². The van der Waals surface area contributed by atoms with E-state index in [0.717, 1.165) is 21.3 Å². The molecule has 0 atom stereocenters. The van der Waals surface area contributed by atoms with Crippen LogP contribution in [0, 0.1) is 6.92 Å². The molecule has 0 radical (unpaired) electrons. The lowest BCUT2D eigenvalue weighted by atomic mass is 10.2. The maximum Gasteiger partial charge on any atom is 0.197 e. The standard InChI is InChI=1S/C9H10N4S/c1-6-8(12-9(13-10)14-6)7-2-4-11-5-3-7/h2-5H,10H2,1H3,(H,12,13). The molecule has 2 rings (SSSR count). The number of hydrogen-bond acceptors (Lipinski definition) is 5. The van der Waals surface area contributed by atoms with Crippen LogP contribution in [0.15, 0.2) is 24.5 Å². The van der Waals surface area contributed by atoms with Crippen LogP contribution in [-0.2, 0) is 0 Å². The molecule has 4 nitrogen and oxygen atoms in total. The number of thiazole rings is 1. The average molecular weight is 206 g/mol. The van der Waals surface area contributed by atoms with Crippen LogP contribution in [0.5, 0.6) is 0 Å². The van der Waals surface area contributed by atoms with Gasteiger partial charge in [-0.25, -0.2) is 10.8 Å². The smallest absolute Gasteiger partial charge is 0.197 e. The molecular weight excluding hydrogens is 196 g/mol. The highest BCUT2D eigenvalue weighted by Gasteiger charge is 2.07. The van der Waals surface area contributed by atoms with E-state index >= 15 is 0 Å². The van der Waals surface area contributed by atoms with E-state index in [9.17, 15) is 0 Å². The van der Waals surface area contributed by atoms with Gasteiger partial charge < -0.3 is 0 Å². The van der Waals surface area contributed by atoms with Crippen LogP contribution < -0.4 is 11.3 Å². The molecule has 0 bridgehead atoms. The molecule has 0 fully saturated rings. The second-order valence-corrected chi connectivity index (χ2v) is 4.01. The minimum Gasteiger partial charge on any atom is -0.300 e. The molecule has 3 N–H and O–H groups in total. The Labute approximate surface area is 85.8 Å². The Morgan fingerprint density at radius 1 is 1.36 bits per heavy atom. The van der Waals surface area contributed by atoms with Gasteiger partial charge in [0.25, 0.3) is 0 Å². The van der Waals surface area contributed by atoms with Gasteiger partial charge in [0, 0.05) is 22.8 Å². The summed E-state index contributed by atoms with van der Waals surface area (Å²) in [6.45, 7) is 2.02. The second-order valence-electron chi connectivity index (χ2n) is 2.80. The number of aromatic nitrogens is 2. The van der Waals surface area contributed by atoms with Crippen molar-refractivity contribution >= 4 is 16.5 Å². The molecule has 72 valence electrons. The summed E-state index contributed by atoms with van der Waals surface area (Å²) in [5.41, 5.74) is 4.58. The van der Waals surface area contributed by atoms with Gasteiger partial charge in [0.1, 0.15) is 0 Å². The van der Waals surface area contributed by atoms with Gasteiger partial charge in [0.05, 0.1) is 5.69 Å². The maximum atomic E-state index is 5.30. The van der Waals surface area contributed by atoms with Crippen LogP contribution in [0.2, 0.25) is 0 Å². The van der Waals surface area contributed by atoms with E-state index < -0.39 is 0 Å². The molecule has 0 saturated carbocycles. The number of nitrogen functional groups attached to an aromatic ring is 1. The monoisotopic (exact) mass is 206 g/mol. The third kappa shape index (κ3) is 1.59. The van der Waals surface area contributed by atoms with Crippen LogP contribution in [0.1, 0.15) is 4.88 Å². The third-order valence-electron chi connectivity index (χ3n) is 1.87. The average Bonchev–Trinajstić information content (AvgIpc) is 2.61. The normalized spacial score (nSPS) is 10.1. The zero-order chi connectivity index (χ0) is 9.97. The first-order chi connectivity index (χ1) is 6.81. The van der Waals surface area contributed by atoms with Crippen LogP contribution in [0.4, 0.5) is 5.13 Å². The first-order valence-corrected chi connectivity index (χ1v) is 4.97. The van der Waals surface area contributed by atoms with E-state index in [4.69, 9.17) is 5.84 Å². The Morgan fingerprint density at radius 3 is 2.64 bits per heavy atom. The quantitative estimate of drug-likeness (QED) is 0.581. The molecule has 0 unspecified atom stereocenters. The maximum absolute atomic E-state index is 5.30. The molecule has 0 saturated heterocycles. The summed E-state index contributed by atoms with van der Waals surface area (Å²) in [5, 5.41) is 0.731. The van der Waals surface area contributed by atoms with E-state index in [1.54, 1.807) is 23.7 Å². The molecule has 2 aromatic rings. The Balaban J connectivity index is 2.46. The van der Waals surface area contributed by atoms with Gasteiger partial charge in [0.2, 0.25) is 0 Å². The molecule has 2 heterocycles. The Hall–Kier alpha value is -1.46. The Morgan fingerprint density at radius 2 is 2.07 bits per heavy atom. The molecular formula is C9H10N4S. The van der Waals surface area contributed by atoms with Crippen molar-refractivity contribution < 1.29 is 0 Å². The van der Waals surface area contributed by atoms with Crippen molar-refractivity contribution in [3.8, 4) is 11.3 Å². The predicted molar refractivity (Wildman–Crippen MR) is 57.9 cm³/mol. The van der Waals surface area contributed by atoms with Crippen molar-refractivity contribution in [2.24, 2.45) is 5.84 Å². The lowest BCUT2D eigenvalue weighted by Crippen LogP contribution is -2.05. The molecule has 0 aliphatic heterocycles. The van der Waals surface area contributed by atoms with Gasteiger partial charge >= 0.3 is 0 Å². The molecule has 2 aromatic heterocycles. The number of hydrazine groups is 1. The Kier molecular flexibility index (Phi) is 2.43. The zero-order valence-electron chi connectivity index (χ0n) is 7.69. The van der Waals surface area contributed by atoms with E-state index in [1.165, 1.54) is 0 Å². The highest BCUT2D eigenvalue weighted by atomic mass is 32.1. The highest BCUT2D eigenvalue weighted by Crippen LogP contribution is 2.29. The fourth-order valence-electron chi connectivity index (χ4n) is 1.24. The van der Waals surface area contributed by atoms with Gasteiger partial charge in [-0.2, -0.15) is 0 Å². The van der Waals surface area contributed by atoms with E-state index in [2.05, 4.69) is 15.4 Å². The van der Waals surface area contributed by atoms with E-state index in [-0.39, 0.29) is 0 Å². The molecule has 0 aliphatic rings. The van der Waals surface area contributed by atoms with Gasteiger partial charge in [-0.15, -0.1) is 11.3 Å². The first-order valence-electron chi connectivity index (χ1n) is 4.15. The van der Waals surface area contributed by atoms with Gasteiger partial charge in [-0.05, 0) is 19.1 Å². The second kappa shape index (κ2) is 3.73. The largest absolute Gasteiger partial charge is 0.300 e. The highest BCUT2D eigenvalue weighted by molar-refractivity contribution is 7.15. The predicted octanol–water partition coefficient (Wildman–Crippen LogP) is 1.80. The van der Waals surface area contributed by atoms with E-state index in [1.807, 2.05) is 19.1 Å². The van der Waals surface area contributed by atoms with Gasteiger partial charge in [0.15, 0.2) is 5.13 Å². The van der Waals surface area contributed by atoms with Crippen molar-refractivity contribution in [2.75, 3.05) is 5.43 Å². The van der Waals surface area contributed by atoms with E-state index in [0.29, 0.717) is 0 Å². The number of nitrogens with two attached hydrogens (primary N) is 1. The summed E-state index contributed by atoms with van der Waals surface area (Å²) in [6, 6.07) is 3.87. The van der Waals surface area contributed by atoms with Crippen LogP contribution >= 0.6 is 11.3 Å². The summed E-state index contributed by atoms with van der Waals surface area (Å²) in [4.78, 5) is 9.46. The fraction of sp³-hybridized carbons (Fsp3) is 0.111. The minimum absolute atomic E-state index is 0.731. The van der Waals surface area contributed by atoms with Crippen molar-refractivity contribution in [2.45, 2.75) is 6.92 Å². The van der Waals surface area contributed by atoms with Crippen LogP contribution in [-0.4, -0.2) is 9.97 Å².